The molecule has 1 amide bonds. The quantitative estimate of drug-likeness (QED) is 0.449. The maximum atomic E-state index is 12.4. The second-order valence-corrected chi connectivity index (χ2v) is 7.08. The Labute approximate surface area is 160 Å². The van der Waals surface area contributed by atoms with Gasteiger partial charge in [-0.2, -0.15) is 4.98 Å². The number of para-hydroxylation sites is 1. The Hall–Kier alpha value is -2.61. The lowest BCUT2D eigenvalue weighted by atomic mass is 9.98. The predicted octanol–water partition coefficient (Wildman–Crippen LogP) is 2.56. The summed E-state index contributed by atoms with van der Waals surface area (Å²) in [5, 5.41) is 3.35. The van der Waals surface area contributed by atoms with Crippen LogP contribution < -0.4 is 11.0 Å². The van der Waals surface area contributed by atoms with Crippen LogP contribution in [-0.2, 0) is 22.4 Å². The summed E-state index contributed by atoms with van der Waals surface area (Å²) >= 11 is 1.24. The van der Waals surface area contributed by atoms with E-state index in [9.17, 15) is 14.4 Å². The molecular formula is C19H21N3O4S. The van der Waals surface area contributed by atoms with Crippen LogP contribution in [0.4, 0.5) is 5.69 Å². The van der Waals surface area contributed by atoms with Crippen molar-refractivity contribution in [2.75, 3.05) is 17.7 Å². The fraction of sp³-hybridized carbons (Fsp3) is 0.368. The number of anilines is 1. The normalized spacial score (nSPS) is 12.9. The average molecular weight is 387 g/mol. The van der Waals surface area contributed by atoms with Gasteiger partial charge in [0, 0.05) is 11.3 Å². The van der Waals surface area contributed by atoms with E-state index in [4.69, 9.17) is 4.74 Å². The number of nitrogens with one attached hydrogen (secondary N) is 2. The van der Waals surface area contributed by atoms with Gasteiger partial charge in [0.05, 0.1) is 23.6 Å². The molecule has 8 heteroatoms. The number of rotatable bonds is 6. The predicted molar refractivity (Wildman–Crippen MR) is 103 cm³/mol. The first kappa shape index (κ1) is 19.2. The van der Waals surface area contributed by atoms with Crippen LogP contribution in [0.2, 0.25) is 0 Å². The number of benzene rings is 1. The Morgan fingerprint density at radius 3 is 2.85 bits per heavy atom. The standard InChI is InChI=1S/C19H21N3O4S/c1-2-26-18(24)13-8-4-6-10-15(13)20-16(23)11-27-17-12-7-3-5-9-14(12)21-19(25)22-17/h4,6,8,10H,2-3,5,7,9,11H2,1H3,(H,20,23)(H,21,22,25). The van der Waals surface area contributed by atoms with Crippen molar-refractivity contribution in [3.63, 3.8) is 0 Å². The molecule has 0 atom stereocenters. The van der Waals surface area contributed by atoms with E-state index in [0.29, 0.717) is 16.3 Å². The Bertz CT molecular complexity index is 910. The van der Waals surface area contributed by atoms with Crippen LogP contribution in [0.1, 0.15) is 41.4 Å². The van der Waals surface area contributed by atoms with Gasteiger partial charge in [-0.3, -0.25) is 4.79 Å². The molecule has 0 radical (unpaired) electrons. The number of carbonyl (C=O) groups is 2. The number of hydrogen-bond donors (Lipinski definition) is 2. The topological polar surface area (TPSA) is 101 Å². The smallest absolute Gasteiger partial charge is 0.346 e. The monoisotopic (exact) mass is 387 g/mol. The molecule has 0 saturated heterocycles. The number of carbonyl (C=O) groups excluding carboxylic acids is 2. The van der Waals surface area contributed by atoms with E-state index in [1.165, 1.54) is 11.8 Å². The van der Waals surface area contributed by atoms with E-state index >= 15 is 0 Å². The van der Waals surface area contributed by atoms with Crippen LogP contribution in [0, 0.1) is 0 Å². The summed E-state index contributed by atoms with van der Waals surface area (Å²) < 4.78 is 5.01. The fourth-order valence-electron chi connectivity index (χ4n) is 3.01. The lowest BCUT2D eigenvalue weighted by Gasteiger charge is -2.17. The first-order valence-electron chi connectivity index (χ1n) is 8.89. The molecule has 1 aromatic carbocycles. The summed E-state index contributed by atoms with van der Waals surface area (Å²) in [7, 11) is 0. The van der Waals surface area contributed by atoms with E-state index in [1.807, 2.05) is 0 Å². The molecule has 2 aromatic rings. The number of aryl methyl sites for hydroxylation is 1. The Balaban J connectivity index is 1.69. The number of esters is 1. The highest BCUT2D eigenvalue weighted by molar-refractivity contribution is 8.00. The number of ether oxygens (including phenoxy) is 1. The van der Waals surface area contributed by atoms with Gasteiger partial charge in [0.1, 0.15) is 5.03 Å². The summed E-state index contributed by atoms with van der Waals surface area (Å²) in [6, 6.07) is 6.71. The number of H-pyrrole nitrogens is 1. The molecule has 27 heavy (non-hydrogen) atoms. The number of hydrogen-bond acceptors (Lipinski definition) is 6. The second-order valence-electron chi connectivity index (χ2n) is 6.11. The summed E-state index contributed by atoms with van der Waals surface area (Å²) in [5.41, 5.74) is 2.29. The molecule has 142 valence electrons. The summed E-state index contributed by atoms with van der Waals surface area (Å²) in [4.78, 5) is 42.9. The number of nitrogens with zero attached hydrogens (tertiary/aromatic N) is 1. The molecule has 7 nitrogen and oxygen atoms in total. The number of aromatic amines is 1. The number of thioether (sulfide) groups is 1. The Kier molecular flexibility index (Phi) is 6.28. The lowest BCUT2D eigenvalue weighted by Crippen LogP contribution is -2.21. The van der Waals surface area contributed by atoms with Gasteiger partial charge in [-0.25, -0.2) is 9.59 Å². The van der Waals surface area contributed by atoms with Gasteiger partial charge in [0.2, 0.25) is 5.91 Å². The van der Waals surface area contributed by atoms with Crippen molar-refractivity contribution < 1.29 is 14.3 Å². The van der Waals surface area contributed by atoms with Crippen LogP contribution in [0.25, 0.3) is 0 Å². The minimum Gasteiger partial charge on any atom is -0.462 e. The fourth-order valence-corrected chi connectivity index (χ4v) is 3.90. The van der Waals surface area contributed by atoms with Gasteiger partial charge in [-0.15, -0.1) is 0 Å². The zero-order valence-corrected chi connectivity index (χ0v) is 15.9. The molecule has 1 aliphatic rings. The van der Waals surface area contributed by atoms with Crippen LogP contribution in [0.3, 0.4) is 0 Å². The van der Waals surface area contributed by atoms with Gasteiger partial charge in [0.15, 0.2) is 0 Å². The van der Waals surface area contributed by atoms with E-state index in [1.54, 1.807) is 31.2 Å². The highest BCUT2D eigenvalue weighted by Crippen LogP contribution is 2.27. The summed E-state index contributed by atoms with van der Waals surface area (Å²) in [6.07, 6.45) is 3.78. The molecule has 0 fully saturated rings. The average Bonchev–Trinajstić information content (AvgIpc) is 2.66. The van der Waals surface area contributed by atoms with Crippen molar-refractivity contribution in [1.29, 1.82) is 0 Å². The number of amides is 1. The third kappa shape index (κ3) is 4.77. The molecule has 2 N–H and O–H groups in total. The Morgan fingerprint density at radius 1 is 1.26 bits per heavy atom. The molecule has 3 rings (SSSR count). The van der Waals surface area contributed by atoms with E-state index in [-0.39, 0.29) is 24.0 Å². The van der Waals surface area contributed by atoms with Crippen molar-refractivity contribution in [3.05, 3.63) is 51.6 Å². The van der Waals surface area contributed by atoms with Crippen molar-refractivity contribution >= 4 is 29.3 Å². The highest BCUT2D eigenvalue weighted by atomic mass is 32.2. The van der Waals surface area contributed by atoms with Gasteiger partial charge < -0.3 is 15.0 Å². The third-order valence-electron chi connectivity index (χ3n) is 4.22. The first-order chi connectivity index (χ1) is 13.1. The largest absolute Gasteiger partial charge is 0.462 e. The first-order valence-corrected chi connectivity index (χ1v) is 9.88. The number of fused-ring (bicyclic) bond motifs is 1. The molecule has 1 aromatic heterocycles. The highest BCUT2D eigenvalue weighted by Gasteiger charge is 2.18. The van der Waals surface area contributed by atoms with Gasteiger partial charge >= 0.3 is 11.7 Å². The van der Waals surface area contributed by atoms with Crippen molar-refractivity contribution in [2.24, 2.45) is 0 Å². The van der Waals surface area contributed by atoms with Gasteiger partial charge in [0.25, 0.3) is 0 Å². The second kappa shape index (κ2) is 8.85. The van der Waals surface area contributed by atoms with Crippen LogP contribution in [0.15, 0.2) is 34.1 Å². The van der Waals surface area contributed by atoms with Crippen molar-refractivity contribution in [1.82, 2.24) is 9.97 Å². The zero-order valence-electron chi connectivity index (χ0n) is 15.0. The molecule has 0 saturated carbocycles. The van der Waals surface area contributed by atoms with Crippen molar-refractivity contribution in [3.8, 4) is 0 Å². The molecule has 0 unspecified atom stereocenters. The SMILES string of the molecule is CCOC(=O)c1ccccc1NC(=O)CSc1nc(=O)[nH]c2c1CCCC2. The Morgan fingerprint density at radius 2 is 2.04 bits per heavy atom. The van der Waals surface area contributed by atoms with Crippen LogP contribution in [-0.4, -0.2) is 34.2 Å². The molecule has 0 aliphatic heterocycles. The molecule has 1 aliphatic carbocycles. The van der Waals surface area contributed by atoms with E-state index in [0.717, 1.165) is 36.9 Å². The summed E-state index contributed by atoms with van der Waals surface area (Å²) in [5.74, 6) is -0.658. The van der Waals surface area contributed by atoms with Crippen LogP contribution >= 0.6 is 11.8 Å². The third-order valence-corrected chi connectivity index (χ3v) is 5.24. The summed E-state index contributed by atoms with van der Waals surface area (Å²) in [6.45, 7) is 1.99. The minimum absolute atomic E-state index is 0.0973. The van der Waals surface area contributed by atoms with Gasteiger partial charge in [-0.05, 0) is 44.7 Å². The molecule has 0 bridgehead atoms. The molecule has 0 spiro atoms. The maximum Gasteiger partial charge on any atom is 0.346 e. The lowest BCUT2D eigenvalue weighted by molar-refractivity contribution is -0.113. The zero-order chi connectivity index (χ0) is 19.2. The van der Waals surface area contributed by atoms with E-state index < -0.39 is 5.97 Å². The van der Waals surface area contributed by atoms with E-state index in [2.05, 4.69) is 15.3 Å². The van der Waals surface area contributed by atoms with Gasteiger partial charge in [-0.1, -0.05) is 23.9 Å². The molecule has 1 heterocycles. The number of aromatic nitrogens is 2. The molecular weight excluding hydrogens is 366 g/mol. The van der Waals surface area contributed by atoms with Crippen molar-refractivity contribution in [2.45, 2.75) is 37.6 Å². The maximum absolute atomic E-state index is 12.4. The minimum atomic E-state index is -0.480. The van der Waals surface area contributed by atoms with Crippen LogP contribution in [0.5, 0.6) is 0 Å².